The second-order valence-corrected chi connectivity index (χ2v) is 8.55. The molecule has 0 radical (unpaired) electrons. The van der Waals surface area contributed by atoms with Gasteiger partial charge in [-0.25, -0.2) is 9.97 Å². The Morgan fingerprint density at radius 1 is 1.19 bits per heavy atom. The van der Waals surface area contributed by atoms with E-state index in [2.05, 4.69) is 35.3 Å². The fourth-order valence-electron chi connectivity index (χ4n) is 3.37. The van der Waals surface area contributed by atoms with Crippen LogP contribution in [0.5, 0.6) is 0 Å². The quantitative estimate of drug-likeness (QED) is 0.475. The smallest absolute Gasteiger partial charge is 0.255 e. The first-order valence-electron chi connectivity index (χ1n) is 9.85. The molecule has 0 atom stereocenters. The van der Waals surface area contributed by atoms with E-state index in [-0.39, 0.29) is 12.5 Å². The van der Waals surface area contributed by atoms with Crippen LogP contribution in [0.4, 0.5) is 0 Å². The van der Waals surface area contributed by atoms with Crippen LogP contribution in [0.3, 0.4) is 0 Å². The molecule has 0 aliphatic carbocycles. The molecular weight excluding hydrogens is 410 g/mol. The molecule has 0 unspecified atom stereocenters. The van der Waals surface area contributed by atoms with E-state index in [1.54, 1.807) is 29.3 Å². The van der Waals surface area contributed by atoms with E-state index in [1.807, 2.05) is 36.4 Å². The molecule has 0 aliphatic rings. The van der Waals surface area contributed by atoms with Crippen LogP contribution in [0.25, 0.3) is 17.2 Å². The largest absolute Gasteiger partial charge is 0.378 e. The summed E-state index contributed by atoms with van der Waals surface area (Å²) in [4.78, 5) is 24.3. The zero-order valence-electron chi connectivity index (χ0n) is 17.6. The standard InChI is InChI=1S/C23H23N5O2S/c1-15-11-18(16(2)31-15)20-9-10-24-23(27-20)28-21(14-30-3)19(13-26-28)22(29)25-12-17-7-5-4-6-8-17/h4-11,13H,12,14H2,1-3H3,(H,25,29). The molecule has 4 rings (SSSR count). The van der Waals surface area contributed by atoms with Crippen molar-refractivity contribution in [1.82, 2.24) is 25.1 Å². The van der Waals surface area contributed by atoms with Gasteiger partial charge < -0.3 is 10.1 Å². The maximum absolute atomic E-state index is 12.8. The fraction of sp³-hybridized carbons (Fsp3) is 0.217. The highest BCUT2D eigenvalue weighted by Crippen LogP contribution is 2.29. The molecule has 0 saturated carbocycles. The molecule has 0 aliphatic heterocycles. The Labute approximate surface area is 184 Å². The number of carbonyl (C=O) groups excluding carboxylic acids is 1. The minimum Gasteiger partial charge on any atom is -0.378 e. The summed E-state index contributed by atoms with van der Waals surface area (Å²) in [5, 5.41) is 7.34. The summed E-state index contributed by atoms with van der Waals surface area (Å²) in [7, 11) is 1.58. The monoisotopic (exact) mass is 433 g/mol. The van der Waals surface area contributed by atoms with Crippen LogP contribution in [-0.4, -0.2) is 32.8 Å². The van der Waals surface area contributed by atoms with Gasteiger partial charge >= 0.3 is 0 Å². The molecule has 1 amide bonds. The Morgan fingerprint density at radius 3 is 2.71 bits per heavy atom. The van der Waals surface area contributed by atoms with Crippen molar-refractivity contribution < 1.29 is 9.53 Å². The molecule has 3 aromatic heterocycles. The maximum Gasteiger partial charge on any atom is 0.255 e. The zero-order valence-corrected chi connectivity index (χ0v) is 18.4. The van der Waals surface area contributed by atoms with Crippen molar-refractivity contribution in [2.75, 3.05) is 7.11 Å². The number of ether oxygens (including phenoxy) is 1. The van der Waals surface area contributed by atoms with E-state index in [0.717, 1.165) is 16.8 Å². The number of methoxy groups -OCH3 is 1. The Morgan fingerprint density at radius 2 is 2.00 bits per heavy atom. The van der Waals surface area contributed by atoms with Gasteiger partial charge in [0.2, 0.25) is 0 Å². The number of nitrogens with one attached hydrogen (secondary N) is 1. The number of carbonyl (C=O) groups is 1. The summed E-state index contributed by atoms with van der Waals surface area (Å²) < 4.78 is 6.91. The van der Waals surface area contributed by atoms with E-state index < -0.39 is 0 Å². The predicted molar refractivity (Wildman–Crippen MR) is 120 cm³/mol. The summed E-state index contributed by atoms with van der Waals surface area (Å²) >= 11 is 1.73. The zero-order chi connectivity index (χ0) is 21.8. The molecule has 3 heterocycles. The summed E-state index contributed by atoms with van der Waals surface area (Å²) in [6.45, 7) is 4.79. The van der Waals surface area contributed by atoms with Crippen LogP contribution < -0.4 is 5.32 Å². The fourth-order valence-corrected chi connectivity index (χ4v) is 4.30. The highest BCUT2D eigenvalue weighted by molar-refractivity contribution is 7.12. The van der Waals surface area contributed by atoms with Crippen molar-refractivity contribution >= 4 is 17.2 Å². The maximum atomic E-state index is 12.8. The first kappa shape index (κ1) is 20.9. The Bertz CT molecular complexity index is 1200. The molecule has 158 valence electrons. The van der Waals surface area contributed by atoms with E-state index >= 15 is 0 Å². The van der Waals surface area contributed by atoms with Crippen LogP contribution in [0.1, 0.15) is 31.4 Å². The molecule has 0 fully saturated rings. The predicted octanol–water partition coefficient (Wildman–Crippen LogP) is 4.08. The van der Waals surface area contributed by atoms with Crippen molar-refractivity contribution in [3.05, 3.63) is 81.4 Å². The SMILES string of the molecule is COCc1c(C(=O)NCc2ccccc2)cnn1-c1nccc(-c2cc(C)sc2C)n1. The van der Waals surface area contributed by atoms with E-state index in [1.165, 1.54) is 16.0 Å². The molecule has 31 heavy (non-hydrogen) atoms. The number of rotatable bonds is 7. The van der Waals surface area contributed by atoms with Gasteiger partial charge in [-0.05, 0) is 31.5 Å². The molecule has 8 heteroatoms. The highest BCUT2D eigenvalue weighted by atomic mass is 32.1. The van der Waals surface area contributed by atoms with Crippen molar-refractivity contribution in [2.24, 2.45) is 0 Å². The molecular formula is C23H23N5O2S. The van der Waals surface area contributed by atoms with Crippen LogP contribution >= 0.6 is 11.3 Å². The molecule has 1 aromatic carbocycles. The number of aromatic nitrogens is 4. The lowest BCUT2D eigenvalue weighted by Crippen LogP contribution is -2.24. The van der Waals surface area contributed by atoms with Gasteiger partial charge in [0, 0.05) is 35.2 Å². The lowest BCUT2D eigenvalue weighted by molar-refractivity contribution is 0.0945. The third-order valence-corrected chi connectivity index (χ3v) is 5.81. The van der Waals surface area contributed by atoms with Crippen LogP contribution in [-0.2, 0) is 17.9 Å². The molecule has 7 nitrogen and oxygen atoms in total. The number of benzene rings is 1. The molecule has 1 N–H and O–H groups in total. The van der Waals surface area contributed by atoms with Crippen molar-refractivity contribution in [3.8, 4) is 17.2 Å². The molecule has 0 bridgehead atoms. The number of amides is 1. The lowest BCUT2D eigenvalue weighted by atomic mass is 10.2. The number of thiophene rings is 1. The van der Waals surface area contributed by atoms with Gasteiger partial charge in [-0.1, -0.05) is 30.3 Å². The van der Waals surface area contributed by atoms with E-state index in [0.29, 0.717) is 23.8 Å². The van der Waals surface area contributed by atoms with Gasteiger partial charge in [0.25, 0.3) is 11.9 Å². The minimum atomic E-state index is -0.220. The molecule has 0 spiro atoms. The van der Waals surface area contributed by atoms with Crippen molar-refractivity contribution in [3.63, 3.8) is 0 Å². The normalized spacial score (nSPS) is 10.9. The van der Waals surface area contributed by atoms with Crippen LogP contribution in [0, 0.1) is 13.8 Å². The van der Waals surface area contributed by atoms with Gasteiger partial charge in [0.05, 0.1) is 29.8 Å². The van der Waals surface area contributed by atoms with Crippen molar-refractivity contribution in [2.45, 2.75) is 27.0 Å². The Kier molecular flexibility index (Phi) is 6.20. The summed E-state index contributed by atoms with van der Waals surface area (Å²) in [5.74, 6) is 0.178. The van der Waals surface area contributed by atoms with Gasteiger partial charge in [-0.15, -0.1) is 11.3 Å². The van der Waals surface area contributed by atoms with E-state index in [4.69, 9.17) is 9.72 Å². The lowest BCUT2D eigenvalue weighted by Gasteiger charge is -2.09. The number of aryl methyl sites for hydroxylation is 2. The van der Waals surface area contributed by atoms with Gasteiger partial charge in [0.15, 0.2) is 0 Å². The van der Waals surface area contributed by atoms with Gasteiger partial charge in [-0.3, -0.25) is 4.79 Å². The van der Waals surface area contributed by atoms with E-state index in [9.17, 15) is 4.79 Å². The first-order valence-corrected chi connectivity index (χ1v) is 10.7. The summed E-state index contributed by atoms with van der Waals surface area (Å²) in [5.41, 5.74) is 3.96. The highest BCUT2D eigenvalue weighted by Gasteiger charge is 2.20. The summed E-state index contributed by atoms with van der Waals surface area (Å²) in [6, 6.07) is 13.8. The van der Waals surface area contributed by atoms with Crippen molar-refractivity contribution in [1.29, 1.82) is 0 Å². The van der Waals surface area contributed by atoms with Gasteiger partial charge in [-0.2, -0.15) is 9.78 Å². The topological polar surface area (TPSA) is 81.9 Å². The second kappa shape index (κ2) is 9.20. The number of hydrogen-bond donors (Lipinski definition) is 1. The third kappa shape index (κ3) is 4.55. The summed E-state index contributed by atoms with van der Waals surface area (Å²) in [6.07, 6.45) is 3.24. The second-order valence-electron chi connectivity index (χ2n) is 7.09. The Balaban J connectivity index is 1.64. The average Bonchev–Trinajstić information content (AvgIpc) is 3.35. The van der Waals surface area contributed by atoms with Crippen LogP contribution in [0.2, 0.25) is 0 Å². The number of nitrogens with zero attached hydrogens (tertiary/aromatic N) is 4. The average molecular weight is 434 g/mol. The number of hydrogen-bond acceptors (Lipinski definition) is 6. The molecule has 0 saturated heterocycles. The third-order valence-electron chi connectivity index (χ3n) is 4.84. The first-order chi connectivity index (χ1) is 15.1. The van der Waals surface area contributed by atoms with Crippen LogP contribution in [0.15, 0.2) is 54.9 Å². The Hall–Kier alpha value is -3.36. The van der Waals surface area contributed by atoms with Gasteiger partial charge in [0.1, 0.15) is 0 Å². The minimum absolute atomic E-state index is 0.207. The molecule has 4 aromatic rings.